The lowest BCUT2D eigenvalue weighted by Crippen LogP contribution is -2.10. The first-order chi connectivity index (χ1) is 6.88. The van der Waals surface area contributed by atoms with Gasteiger partial charge in [-0.3, -0.25) is 0 Å². The Hall–Kier alpha value is -1.04. The number of hydrogen-bond acceptors (Lipinski definition) is 4. The van der Waals surface area contributed by atoms with Gasteiger partial charge >= 0.3 is 5.82 Å². The van der Waals surface area contributed by atoms with E-state index in [2.05, 4.69) is 25.8 Å². The van der Waals surface area contributed by atoms with Gasteiger partial charge in [0.1, 0.15) is 6.20 Å². The molecule has 15 heavy (non-hydrogen) atoms. The topological polar surface area (TPSA) is 61.0 Å². The number of imidazole rings is 1. The summed E-state index contributed by atoms with van der Waals surface area (Å²) < 4.78 is 1.98. The van der Waals surface area contributed by atoms with Gasteiger partial charge in [0.2, 0.25) is 6.33 Å². The van der Waals surface area contributed by atoms with E-state index in [1.54, 1.807) is 4.57 Å². The highest BCUT2D eigenvalue weighted by Gasteiger charge is 2.12. The van der Waals surface area contributed by atoms with Crippen molar-refractivity contribution in [3.63, 3.8) is 0 Å². The van der Waals surface area contributed by atoms with Gasteiger partial charge in [0.15, 0.2) is 0 Å². The number of nitrogens with zero attached hydrogens (tertiary/aromatic N) is 3. The molecule has 1 aromatic heterocycles. The predicted molar refractivity (Wildman–Crippen MR) is 61.1 cm³/mol. The zero-order chi connectivity index (χ0) is 11.5. The van der Waals surface area contributed by atoms with Gasteiger partial charge in [0.25, 0.3) is 0 Å². The quantitative estimate of drug-likeness (QED) is 0.587. The zero-order valence-electron chi connectivity index (χ0n) is 9.14. The van der Waals surface area contributed by atoms with Gasteiger partial charge in [0, 0.05) is 17.0 Å². The molecule has 6 heteroatoms. The second-order valence-corrected chi connectivity index (χ2v) is 6.11. The van der Waals surface area contributed by atoms with E-state index in [0.717, 1.165) is 12.3 Å². The van der Waals surface area contributed by atoms with Crippen LogP contribution in [0.1, 0.15) is 20.8 Å². The van der Waals surface area contributed by atoms with Crippen molar-refractivity contribution in [3.05, 3.63) is 22.6 Å². The Morgan fingerprint density at radius 1 is 1.60 bits per heavy atom. The number of aryl methyl sites for hydroxylation is 1. The van der Waals surface area contributed by atoms with Crippen LogP contribution in [0, 0.1) is 10.1 Å². The number of rotatable bonds is 4. The molecule has 1 heterocycles. The van der Waals surface area contributed by atoms with Crippen molar-refractivity contribution in [1.82, 2.24) is 9.55 Å². The van der Waals surface area contributed by atoms with Gasteiger partial charge in [-0.25, -0.2) is 0 Å². The van der Waals surface area contributed by atoms with E-state index in [1.165, 1.54) is 12.5 Å². The SMILES string of the molecule is CC(C)(C)SCCn1cnc([N+](=O)[O-])c1. The molecular weight excluding hydrogens is 214 g/mol. The smallest absolute Gasteiger partial charge is 0.358 e. The van der Waals surface area contributed by atoms with Crippen molar-refractivity contribution in [2.75, 3.05) is 5.75 Å². The summed E-state index contributed by atoms with van der Waals surface area (Å²) in [7, 11) is 0. The molecule has 0 aliphatic rings. The maximum Gasteiger partial charge on any atom is 0.381 e. The molecule has 0 saturated carbocycles. The maximum atomic E-state index is 10.4. The Kier molecular flexibility index (Phi) is 3.73. The lowest BCUT2D eigenvalue weighted by atomic mass is 10.3. The third kappa shape index (κ3) is 4.33. The van der Waals surface area contributed by atoms with Crippen LogP contribution in [0.2, 0.25) is 0 Å². The fraction of sp³-hybridized carbons (Fsp3) is 0.667. The minimum Gasteiger partial charge on any atom is -0.358 e. The van der Waals surface area contributed by atoms with E-state index >= 15 is 0 Å². The molecule has 0 aliphatic carbocycles. The third-order valence-corrected chi connectivity index (χ3v) is 2.94. The molecule has 0 aliphatic heterocycles. The molecule has 0 N–H and O–H groups in total. The number of aromatic nitrogens is 2. The largest absolute Gasteiger partial charge is 0.381 e. The Bertz CT molecular complexity index is 343. The number of thioether (sulfide) groups is 1. The average molecular weight is 229 g/mol. The molecule has 0 unspecified atom stereocenters. The third-order valence-electron chi connectivity index (χ3n) is 1.69. The Balaban J connectivity index is 2.41. The summed E-state index contributed by atoms with van der Waals surface area (Å²) in [6.45, 7) is 7.19. The molecule has 0 aromatic carbocycles. The van der Waals surface area contributed by atoms with E-state index in [0.29, 0.717) is 0 Å². The van der Waals surface area contributed by atoms with Crippen LogP contribution in [0.5, 0.6) is 0 Å². The molecule has 0 spiro atoms. The van der Waals surface area contributed by atoms with Crippen LogP contribution in [0.15, 0.2) is 12.5 Å². The van der Waals surface area contributed by atoms with Crippen LogP contribution in [0.4, 0.5) is 5.82 Å². The zero-order valence-corrected chi connectivity index (χ0v) is 9.95. The highest BCUT2D eigenvalue weighted by atomic mass is 32.2. The van der Waals surface area contributed by atoms with E-state index < -0.39 is 4.92 Å². The Morgan fingerprint density at radius 2 is 2.27 bits per heavy atom. The minimum absolute atomic E-state index is 0.0873. The van der Waals surface area contributed by atoms with Crippen LogP contribution in [-0.4, -0.2) is 25.0 Å². The van der Waals surface area contributed by atoms with Crippen molar-refractivity contribution in [2.45, 2.75) is 32.1 Å². The summed E-state index contributed by atoms with van der Waals surface area (Å²) in [5.74, 6) is 0.840. The van der Waals surface area contributed by atoms with Gasteiger partial charge in [0.05, 0.1) is 0 Å². The molecule has 0 fully saturated rings. The fourth-order valence-corrected chi connectivity index (χ4v) is 1.94. The summed E-state index contributed by atoms with van der Waals surface area (Å²) in [4.78, 5) is 13.6. The van der Waals surface area contributed by atoms with Crippen molar-refractivity contribution >= 4 is 17.6 Å². The average Bonchev–Trinajstić information content (AvgIpc) is 2.50. The Morgan fingerprint density at radius 3 is 2.73 bits per heavy atom. The summed E-state index contributed by atoms with van der Waals surface area (Å²) in [6.07, 6.45) is 2.96. The first kappa shape index (κ1) is 12.0. The standard InChI is InChI=1S/C9H15N3O2S/c1-9(2,3)15-5-4-11-6-8(10-7-11)12(13)14/h6-7H,4-5H2,1-3H3. The van der Waals surface area contributed by atoms with E-state index in [4.69, 9.17) is 0 Å². The Labute approximate surface area is 93.0 Å². The highest BCUT2D eigenvalue weighted by molar-refractivity contribution is 8.00. The molecule has 0 radical (unpaired) electrons. The van der Waals surface area contributed by atoms with Crippen molar-refractivity contribution in [1.29, 1.82) is 0 Å². The second kappa shape index (κ2) is 4.65. The minimum atomic E-state index is -0.479. The highest BCUT2D eigenvalue weighted by Crippen LogP contribution is 2.23. The van der Waals surface area contributed by atoms with Gasteiger partial charge in [-0.2, -0.15) is 11.8 Å². The van der Waals surface area contributed by atoms with E-state index in [1.807, 2.05) is 11.8 Å². The maximum absolute atomic E-state index is 10.4. The molecule has 84 valence electrons. The van der Waals surface area contributed by atoms with Crippen LogP contribution >= 0.6 is 11.8 Å². The first-order valence-electron chi connectivity index (χ1n) is 4.68. The number of hydrogen-bond donors (Lipinski definition) is 0. The first-order valence-corrected chi connectivity index (χ1v) is 5.67. The summed E-state index contributed by atoms with van der Waals surface area (Å²) in [6, 6.07) is 0. The van der Waals surface area contributed by atoms with Gasteiger partial charge in [-0.1, -0.05) is 20.8 Å². The fourth-order valence-electron chi connectivity index (χ4n) is 1.02. The van der Waals surface area contributed by atoms with E-state index in [-0.39, 0.29) is 10.6 Å². The van der Waals surface area contributed by atoms with Crippen molar-refractivity contribution in [3.8, 4) is 0 Å². The van der Waals surface area contributed by atoms with Crippen molar-refractivity contribution in [2.24, 2.45) is 0 Å². The van der Waals surface area contributed by atoms with Gasteiger partial charge in [-0.05, 0) is 9.91 Å². The number of nitro groups is 1. The normalized spacial score (nSPS) is 11.7. The molecule has 0 saturated heterocycles. The summed E-state index contributed by atoms with van der Waals surface area (Å²) >= 11 is 1.83. The molecular formula is C9H15N3O2S. The van der Waals surface area contributed by atoms with Crippen LogP contribution in [0.3, 0.4) is 0 Å². The predicted octanol–water partition coefficient (Wildman–Crippen LogP) is 2.32. The van der Waals surface area contributed by atoms with Gasteiger partial charge < -0.3 is 14.7 Å². The molecule has 5 nitrogen and oxygen atoms in total. The molecule has 0 amide bonds. The van der Waals surface area contributed by atoms with E-state index in [9.17, 15) is 10.1 Å². The monoisotopic (exact) mass is 229 g/mol. The lowest BCUT2D eigenvalue weighted by molar-refractivity contribution is -0.389. The molecule has 0 atom stereocenters. The lowest BCUT2D eigenvalue weighted by Gasteiger charge is -2.16. The summed E-state index contributed by atoms with van der Waals surface area (Å²) in [5.41, 5.74) is 0. The molecule has 1 rings (SSSR count). The molecule has 1 aromatic rings. The van der Waals surface area contributed by atoms with Crippen molar-refractivity contribution < 1.29 is 4.92 Å². The second-order valence-electron chi connectivity index (χ2n) is 4.19. The summed E-state index contributed by atoms with van der Waals surface area (Å²) in [5, 5.41) is 10.4. The van der Waals surface area contributed by atoms with Crippen LogP contribution in [-0.2, 0) is 6.54 Å². The van der Waals surface area contributed by atoms with Crippen LogP contribution < -0.4 is 0 Å². The van der Waals surface area contributed by atoms with Crippen LogP contribution in [0.25, 0.3) is 0 Å². The molecule has 0 bridgehead atoms. The van der Waals surface area contributed by atoms with Gasteiger partial charge in [-0.15, -0.1) is 0 Å².